The first kappa shape index (κ1) is 20.4. The van der Waals surface area contributed by atoms with Crippen LogP contribution in [0.4, 0.5) is 0 Å². The molecule has 5 aliphatic rings. The summed E-state index contributed by atoms with van der Waals surface area (Å²) in [6, 6.07) is 28.5. The molecule has 3 aromatic carbocycles. The van der Waals surface area contributed by atoms with Crippen LogP contribution in [-0.2, 0) is 5.41 Å². The lowest BCUT2D eigenvalue weighted by atomic mass is 9.42. The van der Waals surface area contributed by atoms with Crippen LogP contribution in [0.2, 0.25) is 0 Å². The van der Waals surface area contributed by atoms with E-state index in [1.54, 1.807) is 0 Å². The Balaban J connectivity index is 1.23. The number of rotatable bonds is 1. The van der Waals surface area contributed by atoms with Gasteiger partial charge in [-0.3, -0.25) is 4.98 Å². The average Bonchev–Trinajstić information content (AvgIpc) is 2.94. The normalized spacial score (nSPS) is 28.9. The van der Waals surface area contributed by atoms with Gasteiger partial charge in [-0.05, 0) is 80.0 Å². The van der Waals surface area contributed by atoms with Gasteiger partial charge in [0.25, 0.3) is 0 Å². The smallest absolute Gasteiger partial charge is 0.132 e. The molecule has 5 aromatic rings. The van der Waals surface area contributed by atoms with Gasteiger partial charge in [0.05, 0.1) is 16.7 Å². The van der Waals surface area contributed by atoms with Crippen LogP contribution < -0.4 is 4.74 Å². The summed E-state index contributed by atoms with van der Waals surface area (Å²) < 4.78 is 6.69. The first-order chi connectivity index (χ1) is 18.3. The SMILES string of the molecule is c1ccc2c(c1)Oc1cc(-c3ccc4ccc5cccnc5c4n3)ccc1C21C2CC3CC(C2)CC1C3. The van der Waals surface area contributed by atoms with Gasteiger partial charge < -0.3 is 4.74 Å². The molecular weight excluding hydrogens is 452 g/mol. The molecule has 0 saturated heterocycles. The minimum absolute atomic E-state index is 0.0903. The molecule has 4 fully saturated rings. The molecule has 4 saturated carbocycles. The fourth-order valence-electron chi connectivity index (χ4n) is 8.96. The number of para-hydroxylation sites is 1. The van der Waals surface area contributed by atoms with Crippen LogP contribution in [0, 0.1) is 23.7 Å². The lowest BCUT2D eigenvalue weighted by Gasteiger charge is -2.63. The highest BCUT2D eigenvalue weighted by molar-refractivity contribution is 6.03. The molecule has 4 aliphatic carbocycles. The Kier molecular flexibility index (Phi) is 3.95. The molecule has 4 bridgehead atoms. The van der Waals surface area contributed by atoms with Crippen LogP contribution in [-0.4, -0.2) is 9.97 Å². The maximum absolute atomic E-state index is 6.69. The first-order valence-corrected chi connectivity index (χ1v) is 13.8. The van der Waals surface area contributed by atoms with E-state index in [9.17, 15) is 0 Å². The van der Waals surface area contributed by atoms with Crippen molar-refractivity contribution >= 4 is 21.8 Å². The van der Waals surface area contributed by atoms with Gasteiger partial charge in [-0.25, -0.2) is 4.98 Å². The zero-order chi connectivity index (χ0) is 24.1. The van der Waals surface area contributed by atoms with Crippen LogP contribution in [0.25, 0.3) is 33.1 Å². The van der Waals surface area contributed by atoms with E-state index in [2.05, 4.69) is 77.8 Å². The van der Waals surface area contributed by atoms with Crippen molar-refractivity contribution in [2.75, 3.05) is 0 Å². The zero-order valence-electron chi connectivity index (χ0n) is 20.7. The summed E-state index contributed by atoms with van der Waals surface area (Å²) in [4.78, 5) is 9.78. The molecule has 0 unspecified atom stereocenters. The molecule has 0 N–H and O–H groups in total. The van der Waals surface area contributed by atoms with E-state index in [1.807, 2.05) is 12.3 Å². The Morgan fingerprint density at radius 3 is 2.22 bits per heavy atom. The van der Waals surface area contributed by atoms with E-state index in [-0.39, 0.29) is 5.41 Å². The number of ether oxygens (including phenoxy) is 1. The van der Waals surface area contributed by atoms with Crippen molar-refractivity contribution in [2.24, 2.45) is 23.7 Å². The van der Waals surface area contributed by atoms with Crippen LogP contribution in [0.1, 0.15) is 43.2 Å². The van der Waals surface area contributed by atoms with Crippen molar-refractivity contribution in [3.63, 3.8) is 0 Å². The summed E-state index contributed by atoms with van der Waals surface area (Å²) in [6.07, 6.45) is 8.79. The second-order valence-corrected chi connectivity index (χ2v) is 11.9. The monoisotopic (exact) mass is 480 g/mol. The molecule has 1 aliphatic heterocycles. The van der Waals surface area contributed by atoms with Crippen LogP contribution >= 0.6 is 0 Å². The zero-order valence-corrected chi connectivity index (χ0v) is 20.7. The molecule has 3 nitrogen and oxygen atoms in total. The fourth-order valence-corrected chi connectivity index (χ4v) is 8.96. The van der Waals surface area contributed by atoms with Crippen molar-refractivity contribution in [2.45, 2.75) is 37.5 Å². The predicted molar refractivity (Wildman–Crippen MR) is 147 cm³/mol. The number of hydrogen-bond donors (Lipinski definition) is 0. The minimum atomic E-state index is 0.0903. The van der Waals surface area contributed by atoms with Gasteiger partial charge in [-0.1, -0.05) is 54.6 Å². The number of aromatic nitrogens is 2. The van der Waals surface area contributed by atoms with Crippen molar-refractivity contribution < 1.29 is 4.74 Å². The first-order valence-electron chi connectivity index (χ1n) is 13.8. The molecule has 10 rings (SSSR count). The Morgan fingerprint density at radius 1 is 0.649 bits per heavy atom. The Labute approximate surface area is 216 Å². The second kappa shape index (κ2) is 7.19. The molecule has 2 aromatic heterocycles. The molecule has 180 valence electrons. The van der Waals surface area contributed by atoms with E-state index in [4.69, 9.17) is 9.72 Å². The molecule has 3 heterocycles. The van der Waals surface area contributed by atoms with E-state index in [0.29, 0.717) is 0 Å². The summed E-state index contributed by atoms with van der Waals surface area (Å²) in [5, 5.41) is 2.24. The summed E-state index contributed by atoms with van der Waals surface area (Å²) in [6.45, 7) is 0. The second-order valence-electron chi connectivity index (χ2n) is 11.9. The molecular formula is C34H28N2O. The van der Waals surface area contributed by atoms with Crippen LogP contribution in [0.5, 0.6) is 11.5 Å². The van der Waals surface area contributed by atoms with Crippen molar-refractivity contribution in [3.8, 4) is 22.8 Å². The highest BCUT2D eigenvalue weighted by Crippen LogP contribution is 2.68. The summed E-state index contributed by atoms with van der Waals surface area (Å²) in [5.41, 5.74) is 6.92. The van der Waals surface area contributed by atoms with Gasteiger partial charge in [-0.2, -0.15) is 0 Å². The molecule has 0 radical (unpaired) electrons. The van der Waals surface area contributed by atoms with Crippen molar-refractivity contribution in [1.29, 1.82) is 0 Å². The summed E-state index contributed by atoms with van der Waals surface area (Å²) in [7, 11) is 0. The Bertz CT molecular complexity index is 1710. The summed E-state index contributed by atoms with van der Waals surface area (Å²) in [5.74, 6) is 5.37. The average molecular weight is 481 g/mol. The molecule has 0 amide bonds. The van der Waals surface area contributed by atoms with Crippen molar-refractivity contribution in [3.05, 3.63) is 96.2 Å². The van der Waals surface area contributed by atoms with Gasteiger partial charge in [0.2, 0.25) is 0 Å². The topological polar surface area (TPSA) is 35.0 Å². The molecule has 37 heavy (non-hydrogen) atoms. The Morgan fingerprint density at radius 2 is 1.38 bits per heavy atom. The third kappa shape index (κ3) is 2.67. The predicted octanol–water partition coefficient (Wildman–Crippen LogP) is 8.30. The fraction of sp³-hybridized carbons (Fsp3) is 0.294. The number of benzene rings is 3. The van der Waals surface area contributed by atoms with Gasteiger partial charge in [0.15, 0.2) is 0 Å². The van der Waals surface area contributed by atoms with Crippen molar-refractivity contribution in [1.82, 2.24) is 9.97 Å². The maximum atomic E-state index is 6.69. The standard InChI is InChI=1S/C34H28N2O/c1-2-6-30-27(5-1)34(25-15-20-14-21(17-25)18-26(34)16-20)28-11-9-24(19-31(28)37-30)29-12-10-23-8-7-22-4-3-13-35-32(22)33(23)36-29/h1-13,19-21,25-26H,14-18H2. The lowest BCUT2D eigenvalue weighted by molar-refractivity contribution is -0.0452. The quantitative estimate of drug-likeness (QED) is 0.226. The van der Waals surface area contributed by atoms with Crippen LogP contribution in [0.3, 0.4) is 0 Å². The molecule has 0 atom stereocenters. The van der Waals surface area contributed by atoms with Crippen LogP contribution in [0.15, 0.2) is 85.1 Å². The highest BCUT2D eigenvalue weighted by atomic mass is 16.5. The number of pyridine rings is 2. The largest absolute Gasteiger partial charge is 0.457 e. The molecule has 3 heteroatoms. The van der Waals surface area contributed by atoms with Gasteiger partial charge in [0, 0.05) is 39.1 Å². The third-order valence-electron chi connectivity index (χ3n) is 10.1. The molecule has 1 spiro atoms. The maximum Gasteiger partial charge on any atom is 0.132 e. The number of hydrogen-bond acceptors (Lipinski definition) is 3. The number of nitrogens with zero attached hydrogens (tertiary/aromatic N) is 2. The summed E-state index contributed by atoms with van der Waals surface area (Å²) >= 11 is 0. The third-order valence-corrected chi connectivity index (χ3v) is 10.1. The van der Waals surface area contributed by atoms with E-state index in [0.717, 1.165) is 68.2 Å². The Hall–Kier alpha value is -3.72. The highest BCUT2D eigenvalue weighted by Gasteiger charge is 2.61. The number of fused-ring (bicyclic) bond motifs is 5. The minimum Gasteiger partial charge on any atom is -0.457 e. The van der Waals surface area contributed by atoms with Gasteiger partial charge in [-0.15, -0.1) is 0 Å². The lowest BCUT2D eigenvalue weighted by Crippen LogP contribution is -2.56. The van der Waals surface area contributed by atoms with Gasteiger partial charge >= 0.3 is 0 Å². The van der Waals surface area contributed by atoms with E-state index >= 15 is 0 Å². The van der Waals surface area contributed by atoms with E-state index in [1.165, 1.54) is 43.2 Å². The van der Waals surface area contributed by atoms with E-state index < -0.39 is 0 Å². The van der Waals surface area contributed by atoms with Gasteiger partial charge in [0.1, 0.15) is 11.5 Å².